The van der Waals surface area contributed by atoms with E-state index >= 15 is 0 Å². The first-order valence-electron chi connectivity index (χ1n) is 22.0. The van der Waals surface area contributed by atoms with Crippen molar-refractivity contribution in [3.63, 3.8) is 0 Å². The molecule has 4 N–H and O–H groups in total. The fourth-order valence-corrected chi connectivity index (χ4v) is 10.4. The van der Waals surface area contributed by atoms with Gasteiger partial charge in [-0.05, 0) is 22.3 Å². The average Bonchev–Trinajstić information content (AvgIpc) is 4.14. The molecule has 0 fully saturated rings. The summed E-state index contributed by atoms with van der Waals surface area (Å²) in [4.78, 5) is 16.7. The Morgan fingerprint density at radius 1 is 0.185 bits per heavy atom. The number of H-pyrrole nitrogens is 4. The number of aromatic amines is 4. The van der Waals surface area contributed by atoms with Crippen LogP contribution in [0.2, 0.25) is 0 Å². The maximum Gasteiger partial charge on any atom is 0.0566 e. The smallest absolute Gasteiger partial charge is 0.0566 e. The van der Waals surface area contributed by atoms with E-state index in [2.05, 4.69) is 238 Å². The molecule has 0 radical (unpaired) electrons. The predicted octanol–water partition coefficient (Wildman–Crippen LogP) is 10.9. The molecule has 1 aliphatic carbocycles. The van der Waals surface area contributed by atoms with E-state index in [4.69, 9.17) is 0 Å². The van der Waals surface area contributed by atoms with E-state index in [1.165, 1.54) is 0 Å². The van der Waals surface area contributed by atoms with Gasteiger partial charge in [0.05, 0.1) is 44.2 Å². The van der Waals surface area contributed by atoms with Crippen LogP contribution in [0.1, 0.15) is 45.0 Å². The SMILES string of the molecule is [Zn].c1ccc(C2=c3[nH]c(c4ccccc34)=C(c3ccccc3)c3[nH]c(c4ccccc34)C(c3ccccc3)=c3[nH]c(c4ccccc34)=C(c3ccccc3)c3[nH]c2c2ccccc32)cc1. The molecule has 12 aromatic rings. The van der Waals surface area contributed by atoms with Crippen LogP contribution in [0.5, 0.6) is 0 Å². The van der Waals surface area contributed by atoms with Crippen molar-refractivity contribution in [1.29, 1.82) is 0 Å². The molecular formula is C60H40N4Zn. The van der Waals surface area contributed by atoms with Gasteiger partial charge < -0.3 is 19.9 Å². The van der Waals surface area contributed by atoms with Crippen LogP contribution in [-0.4, -0.2) is 19.9 Å². The molecule has 4 aromatic heterocycles. The summed E-state index contributed by atoms with van der Waals surface area (Å²) in [7, 11) is 0. The van der Waals surface area contributed by atoms with E-state index in [0.29, 0.717) is 0 Å². The third-order valence-electron chi connectivity index (χ3n) is 13.1. The van der Waals surface area contributed by atoms with Gasteiger partial charge in [0, 0.05) is 84.9 Å². The topological polar surface area (TPSA) is 63.2 Å². The van der Waals surface area contributed by atoms with Crippen molar-refractivity contribution in [1.82, 2.24) is 19.9 Å². The van der Waals surface area contributed by atoms with Gasteiger partial charge in [-0.2, -0.15) is 0 Å². The third kappa shape index (κ3) is 6.08. The van der Waals surface area contributed by atoms with E-state index in [9.17, 15) is 0 Å². The molecule has 8 aromatic carbocycles. The van der Waals surface area contributed by atoms with E-state index in [-0.39, 0.29) is 19.5 Å². The molecule has 0 saturated heterocycles. The van der Waals surface area contributed by atoms with Gasteiger partial charge >= 0.3 is 0 Å². The Hall–Kier alpha value is -7.98. The van der Waals surface area contributed by atoms with Crippen LogP contribution in [0, 0.1) is 0 Å². The molecule has 1 aliphatic rings. The molecule has 302 valence electrons. The molecule has 0 saturated carbocycles. The number of hydrogen-bond donors (Lipinski definition) is 4. The van der Waals surface area contributed by atoms with Crippen molar-refractivity contribution in [3.05, 3.63) is 285 Å². The van der Waals surface area contributed by atoms with Crippen molar-refractivity contribution < 1.29 is 19.5 Å². The zero-order valence-corrected chi connectivity index (χ0v) is 38.5. The van der Waals surface area contributed by atoms with Crippen LogP contribution in [0.4, 0.5) is 0 Å². The summed E-state index contributed by atoms with van der Waals surface area (Å²) >= 11 is 0. The van der Waals surface area contributed by atoms with Gasteiger partial charge in [-0.1, -0.05) is 218 Å². The minimum Gasteiger partial charge on any atom is -0.353 e. The summed E-state index contributed by atoms with van der Waals surface area (Å²) in [6.45, 7) is 0. The Balaban J connectivity index is 0.00000444. The van der Waals surface area contributed by atoms with Crippen LogP contribution in [0.15, 0.2) is 218 Å². The van der Waals surface area contributed by atoms with Crippen molar-refractivity contribution in [2.45, 2.75) is 0 Å². The van der Waals surface area contributed by atoms with Crippen molar-refractivity contribution in [3.8, 4) is 0 Å². The van der Waals surface area contributed by atoms with Crippen LogP contribution >= 0.6 is 0 Å². The molecular weight excluding hydrogens is 842 g/mol. The Morgan fingerprint density at radius 2 is 0.369 bits per heavy atom. The van der Waals surface area contributed by atoms with Crippen molar-refractivity contribution in [2.75, 3.05) is 0 Å². The quantitative estimate of drug-likeness (QED) is 0.127. The first kappa shape index (κ1) is 38.7. The van der Waals surface area contributed by atoms with Gasteiger partial charge in [0.25, 0.3) is 0 Å². The van der Waals surface area contributed by atoms with Crippen LogP contribution < -0.4 is 21.4 Å². The molecule has 5 heteroatoms. The minimum atomic E-state index is 0. The fraction of sp³-hybridized carbons (Fsp3) is 0. The fourth-order valence-electron chi connectivity index (χ4n) is 10.4. The number of benzene rings is 8. The van der Waals surface area contributed by atoms with E-state index in [1.807, 2.05) is 0 Å². The maximum atomic E-state index is 4.18. The van der Waals surface area contributed by atoms with Crippen LogP contribution in [0.3, 0.4) is 0 Å². The van der Waals surface area contributed by atoms with Gasteiger partial charge in [-0.15, -0.1) is 0 Å². The normalized spacial score (nSPS) is 12.7. The van der Waals surface area contributed by atoms with Crippen LogP contribution in [0.25, 0.3) is 65.4 Å². The van der Waals surface area contributed by atoms with Gasteiger partial charge in [0.15, 0.2) is 0 Å². The number of rotatable bonds is 4. The van der Waals surface area contributed by atoms with Gasteiger partial charge in [0.1, 0.15) is 0 Å². The third-order valence-corrected chi connectivity index (χ3v) is 13.1. The summed E-state index contributed by atoms with van der Waals surface area (Å²) in [6.07, 6.45) is 0. The standard InChI is InChI=1S/C60H40N4.Zn/c1-5-21-37(22-6-1)49-53-41-29-13-15-31-43(41)55(61-53)50(38-23-7-2-8-24-38)57-45-33-17-19-35-47(45)59(63-57)52(40-27-11-4-12-28-40)60-48-36-20-18-34-46(48)58(64-60)51(39-25-9-3-10-26-39)56-44-32-16-14-30-42(44)54(49)62-56;/h1-36,61-64H;. The number of hydrogen-bond acceptors (Lipinski definition) is 0. The molecule has 0 aliphatic heterocycles. The molecule has 8 bridgehead atoms. The second kappa shape index (κ2) is 15.7. The zero-order valence-electron chi connectivity index (χ0n) is 35.5. The molecule has 65 heavy (non-hydrogen) atoms. The molecule has 0 spiro atoms. The molecule has 4 heterocycles. The van der Waals surface area contributed by atoms with E-state index < -0.39 is 0 Å². The van der Waals surface area contributed by atoms with E-state index in [1.54, 1.807) is 0 Å². The first-order valence-corrected chi connectivity index (χ1v) is 22.0. The van der Waals surface area contributed by atoms with Crippen molar-refractivity contribution in [2.24, 2.45) is 0 Å². The summed E-state index contributed by atoms with van der Waals surface area (Å²) in [5, 5.41) is 13.4. The molecule has 4 nitrogen and oxygen atoms in total. The van der Waals surface area contributed by atoms with Gasteiger partial charge in [-0.25, -0.2) is 0 Å². The van der Waals surface area contributed by atoms with Crippen LogP contribution in [-0.2, 0) is 19.5 Å². The predicted molar refractivity (Wildman–Crippen MR) is 264 cm³/mol. The Kier molecular flexibility index (Phi) is 9.33. The van der Waals surface area contributed by atoms with E-state index in [0.717, 1.165) is 132 Å². The molecule has 0 atom stereocenters. The largest absolute Gasteiger partial charge is 0.353 e. The Labute approximate surface area is 387 Å². The summed E-state index contributed by atoms with van der Waals surface area (Å²) in [6, 6.07) is 78.8. The monoisotopic (exact) mass is 880 g/mol. The Bertz CT molecular complexity index is 3520. The second-order valence-electron chi connectivity index (χ2n) is 16.6. The second-order valence-corrected chi connectivity index (χ2v) is 16.6. The average molecular weight is 882 g/mol. The summed E-state index contributed by atoms with van der Waals surface area (Å²) < 4.78 is 0. The summed E-state index contributed by atoms with van der Waals surface area (Å²) in [5.74, 6) is 0. The molecule has 13 rings (SSSR count). The van der Waals surface area contributed by atoms with Gasteiger partial charge in [-0.3, -0.25) is 0 Å². The van der Waals surface area contributed by atoms with Gasteiger partial charge in [0.2, 0.25) is 0 Å². The molecule has 0 amide bonds. The summed E-state index contributed by atoms with van der Waals surface area (Å²) in [5.41, 5.74) is 13.1. The first-order chi connectivity index (χ1) is 31.8. The van der Waals surface area contributed by atoms with Crippen molar-refractivity contribution >= 4 is 65.4 Å². The number of aromatic nitrogens is 4. The molecule has 0 unspecified atom stereocenters. The Morgan fingerprint density at radius 3 is 0.585 bits per heavy atom. The minimum absolute atomic E-state index is 0. The maximum absolute atomic E-state index is 4.18. The zero-order chi connectivity index (χ0) is 42.1. The number of nitrogens with one attached hydrogen (secondary N) is 4.